The maximum absolute atomic E-state index is 15.2. The summed E-state index contributed by atoms with van der Waals surface area (Å²) < 4.78 is 42.7. The summed E-state index contributed by atoms with van der Waals surface area (Å²) in [6, 6.07) is 21.3. The van der Waals surface area contributed by atoms with E-state index in [0.29, 0.717) is 73.4 Å². The zero-order valence-corrected chi connectivity index (χ0v) is 41.8. The van der Waals surface area contributed by atoms with Gasteiger partial charge in [-0.25, -0.2) is 18.3 Å². The molecule has 5 amide bonds. The number of piperazine rings is 2. The number of nitrogens with one attached hydrogen (secondary N) is 3. The summed E-state index contributed by atoms with van der Waals surface area (Å²) in [6.45, 7) is 5.63. The number of H-pyrrole nitrogens is 1. The van der Waals surface area contributed by atoms with E-state index in [0.717, 1.165) is 56.6 Å². The Kier molecular flexibility index (Phi) is 16.5. The first-order valence-corrected chi connectivity index (χ1v) is 26.0. The van der Waals surface area contributed by atoms with Crippen LogP contribution in [0.15, 0.2) is 89.7 Å². The van der Waals surface area contributed by atoms with Gasteiger partial charge < -0.3 is 30.2 Å². The summed E-state index contributed by atoms with van der Waals surface area (Å²) >= 11 is 0. The maximum Gasteiger partial charge on any atom is 0.272 e. The Labute approximate surface area is 428 Å². The summed E-state index contributed by atoms with van der Waals surface area (Å²) in [4.78, 5) is 90.5. The minimum absolute atomic E-state index is 0.0000226. The van der Waals surface area contributed by atoms with Gasteiger partial charge in [0.05, 0.1) is 29.7 Å². The topological polar surface area (TPSA) is 171 Å². The van der Waals surface area contributed by atoms with E-state index in [4.69, 9.17) is 0 Å². The number of nitrogens with zero attached hydrogens (tertiary/aromatic N) is 6. The molecule has 1 saturated carbocycles. The Morgan fingerprint density at radius 3 is 2.27 bits per heavy atom. The van der Waals surface area contributed by atoms with Gasteiger partial charge in [-0.15, -0.1) is 0 Å². The van der Waals surface area contributed by atoms with Gasteiger partial charge in [0.25, 0.3) is 17.4 Å². The van der Waals surface area contributed by atoms with Gasteiger partial charge >= 0.3 is 0 Å². The number of piperidine rings is 1. The molecule has 9 rings (SSSR count). The van der Waals surface area contributed by atoms with Crippen LogP contribution in [-0.4, -0.2) is 148 Å². The highest BCUT2D eigenvalue weighted by Gasteiger charge is 2.39. The van der Waals surface area contributed by atoms with Crippen LogP contribution in [0.1, 0.15) is 101 Å². The van der Waals surface area contributed by atoms with Gasteiger partial charge in [-0.05, 0) is 86.1 Å². The van der Waals surface area contributed by atoms with E-state index in [2.05, 4.69) is 20.8 Å². The van der Waals surface area contributed by atoms with Crippen molar-refractivity contribution in [2.75, 3.05) is 72.0 Å². The van der Waals surface area contributed by atoms with Crippen LogP contribution >= 0.6 is 0 Å². The number of rotatable bonds is 14. The number of likely N-dealkylation sites (tertiary alicyclic amines) is 1. The molecule has 4 heterocycles. The van der Waals surface area contributed by atoms with Gasteiger partial charge in [0.2, 0.25) is 17.7 Å². The number of carbonyl (C=O) groups is 5. The number of amides is 5. The molecule has 1 aliphatic carbocycles. The molecule has 18 heteroatoms. The van der Waals surface area contributed by atoms with Gasteiger partial charge in [0, 0.05) is 106 Å². The maximum atomic E-state index is 15.2. The van der Waals surface area contributed by atoms with E-state index in [1.165, 1.54) is 24.3 Å². The number of halogens is 3. The molecule has 4 fully saturated rings. The molecule has 0 bridgehead atoms. The third kappa shape index (κ3) is 12.2. The number of aromatic nitrogens is 2. The summed E-state index contributed by atoms with van der Waals surface area (Å²) in [5.74, 6) is -3.14. The number of hydrogen-bond donors (Lipinski definition) is 3. The fourth-order valence-corrected chi connectivity index (χ4v) is 11.2. The number of carbonyl (C=O) groups excluding carboxylic acids is 5. The SMILES string of the molecule is C[C@@H]1CN(CC(=O)N2CCN(C(=O)c3cc(Cc4n[nH]c(=O)c5ccccc45)ccc3F)CC2)CCN1C(=O)[C@H](NC(=O)c1cccc([C@@H]2CCCN(C(=O)CNCc3ccc(F)cc3F)C2)c1)C1CCCCC1. The van der Waals surface area contributed by atoms with Crippen molar-refractivity contribution in [1.29, 1.82) is 0 Å². The smallest absolute Gasteiger partial charge is 0.272 e. The molecule has 3 saturated heterocycles. The first kappa shape index (κ1) is 52.0. The molecule has 3 N–H and O–H groups in total. The molecule has 0 unspecified atom stereocenters. The van der Waals surface area contributed by atoms with E-state index in [-0.39, 0.29) is 97.3 Å². The second-order valence-electron chi connectivity index (χ2n) is 20.3. The van der Waals surface area contributed by atoms with Crippen LogP contribution in [0.3, 0.4) is 0 Å². The Hall–Kier alpha value is -6.92. The van der Waals surface area contributed by atoms with Crippen molar-refractivity contribution in [2.24, 2.45) is 5.92 Å². The first-order chi connectivity index (χ1) is 35.8. The quantitative estimate of drug-likeness (QED) is 0.128. The average Bonchev–Trinajstić information content (AvgIpc) is 3.42. The highest BCUT2D eigenvalue weighted by Crippen LogP contribution is 2.31. The highest BCUT2D eigenvalue weighted by molar-refractivity contribution is 5.98. The third-order valence-electron chi connectivity index (χ3n) is 15.4. The number of aromatic amines is 1. The number of hydrogen-bond acceptors (Lipinski definition) is 9. The second kappa shape index (κ2) is 23.5. The van der Waals surface area contributed by atoms with Crippen molar-refractivity contribution in [3.8, 4) is 0 Å². The molecule has 1 aromatic heterocycles. The third-order valence-corrected chi connectivity index (χ3v) is 15.4. The fourth-order valence-electron chi connectivity index (χ4n) is 11.2. The normalized spacial score (nSPS) is 19.4. The van der Waals surface area contributed by atoms with E-state index < -0.39 is 29.4 Å². The average molecular weight is 1020 g/mol. The minimum atomic E-state index is -0.719. The summed E-state index contributed by atoms with van der Waals surface area (Å²) in [6.07, 6.45) is 6.56. The largest absolute Gasteiger partial charge is 0.341 e. The van der Waals surface area contributed by atoms with Crippen molar-refractivity contribution in [2.45, 2.75) is 82.8 Å². The Morgan fingerprint density at radius 1 is 0.730 bits per heavy atom. The molecular formula is C56H64F3N9O6. The lowest BCUT2D eigenvalue weighted by atomic mass is 9.83. The molecule has 4 aromatic carbocycles. The predicted octanol–water partition coefficient (Wildman–Crippen LogP) is 5.62. The van der Waals surface area contributed by atoms with Crippen LogP contribution in [-0.2, 0) is 27.3 Å². The van der Waals surface area contributed by atoms with E-state index in [1.807, 2.05) is 41.0 Å². The standard InChI is InChI=1S/C56H64F3N9O6/c1-36-33-64(35-51(70)65-22-24-66(25-23-65)55(73)46-27-37(16-19-47(46)58)28-49-44-14-5-6-15-45(44)54(72)63-62-49)21-26-68(36)56(74)52(38-9-3-2-4-10-38)61-53(71)40-12-7-11-39(29-40)42-13-8-20-67(34-42)50(69)32-60-31-41-17-18-43(57)30-48(41)59/h5-7,11-12,14-19,27,29-30,36,38,42,52,60H,2-4,8-10,13,20-26,28,31-35H2,1H3,(H,61,71)(H,63,72)/t36-,42-,52-/m1/s1. The lowest BCUT2D eigenvalue weighted by molar-refractivity contribution is -0.141. The Morgan fingerprint density at radius 2 is 1.50 bits per heavy atom. The number of fused-ring (bicyclic) bond motifs is 1. The van der Waals surface area contributed by atoms with E-state index in [1.54, 1.807) is 45.0 Å². The molecule has 390 valence electrons. The van der Waals surface area contributed by atoms with Crippen molar-refractivity contribution < 1.29 is 37.1 Å². The molecule has 0 radical (unpaired) electrons. The van der Waals surface area contributed by atoms with Crippen LogP contribution in [0.5, 0.6) is 0 Å². The lowest BCUT2D eigenvalue weighted by Crippen LogP contribution is -2.61. The van der Waals surface area contributed by atoms with E-state index >= 15 is 4.39 Å². The fraction of sp³-hybridized carbons (Fsp3) is 0.446. The summed E-state index contributed by atoms with van der Waals surface area (Å²) in [5.41, 5.74) is 2.53. The molecule has 3 atom stereocenters. The lowest BCUT2D eigenvalue weighted by Gasteiger charge is -2.43. The monoisotopic (exact) mass is 1020 g/mol. The van der Waals surface area contributed by atoms with Gasteiger partial charge in [0.15, 0.2) is 0 Å². The second-order valence-corrected chi connectivity index (χ2v) is 20.3. The zero-order chi connectivity index (χ0) is 51.9. The van der Waals surface area contributed by atoms with Crippen LogP contribution in [0.2, 0.25) is 0 Å². The number of benzene rings is 4. The molecule has 0 spiro atoms. The van der Waals surface area contributed by atoms with Crippen LogP contribution in [0.4, 0.5) is 13.2 Å². The molecule has 74 heavy (non-hydrogen) atoms. The van der Waals surface area contributed by atoms with Crippen molar-refractivity contribution in [1.82, 2.24) is 45.3 Å². The first-order valence-electron chi connectivity index (χ1n) is 26.0. The Balaban J connectivity index is 0.761. The van der Waals surface area contributed by atoms with E-state index in [9.17, 15) is 37.5 Å². The van der Waals surface area contributed by atoms with Gasteiger partial charge in [-0.1, -0.05) is 61.7 Å². The Bertz CT molecular complexity index is 2940. The molecule has 3 aliphatic heterocycles. The van der Waals surface area contributed by atoms with Gasteiger partial charge in [0.1, 0.15) is 23.5 Å². The van der Waals surface area contributed by atoms with Crippen molar-refractivity contribution in [3.63, 3.8) is 0 Å². The zero-order valence-electron chi connectivity index (χ0n) is 41.8. The van der Waals surface area contributed by atoms with Crippen LogP contribution < -0.4 is 16.2 Å². The van der Waals surface area contributed by atoms with Gasteiger partial charge in [-0.2, -0.15) is 5.10 Å². The van der Waals surface area contributed by atoms with Gasteiger partial charge in [-0.3, -0.25) is 33.7 Å². The van der Waals surface area contributed by atoms with Crippen LogP contribution in [0, 0.1) is 23.4 Å². The molecule has 15 nitrogen and oxygen atoms in total. The molecule has 5 aromatic rings. The van der Waals surface area contributed by atoms with Crippen LogP contribution in [0.25, 0.3) is 10.8 Å². The highest BCUT2D eigenvalue weighted by atomic mass is 19.1. The summed E-state index contributed by atoms with van der Waals surface area (Å²) in [5, 5.41) is 14.1. The van der Waals surface area contributed by atoms with Crippen molar-refractivity contribution in [3.05, 3.63) is 146 Å². The minimum Gasteiger partial charge on any atom is -0.341 e. The molecule has 4 aliphatic rings. The van der Waals surface area contributed by atoms with Crippen molar-refractivity contribution >= 4 is 40.3 Å². The predicted molar refractivity (Wildman–Crippen MR) is 273 cm³/mol. The molecular weight excluding hydrogens is 952 g/mol. The summed E-state index contributed by atoms with van der Waals surface area (Å²) in [7, 11) is 0.